The van der Waals surface area contributed by atoms with Crippen LogP contribution in [0.15, 0.2) is 42.2 Å². The van der Waals surface area contributed by atoms with E-state index in [-0.39, 0.29) is 17.5 Å². The van der Waals surface area contributed by atoms with Crippen molar-refractivity contribution in [3.8, 4) is 11.5 Å². The number of carbonyl (C=O) groups excluding carboxylic acids is 2. The van der Waals surface area contributed by atoms with E-state index in [1.807, 2.05) is 0 Å². The number of hydrogen-bond donors (Lipinski definition) is 0. The molecule has 1 aliphatic rings. The molecule has 4 nitrogen and oxygen atoms in total. The van der Waals surface area contributed by atoms with E-state index in [0.29, 0.717) is 27.6 Å². The minimum absolute atomic E-state index is 0.202. The average Bonchev–Trinajstić information content (AvgIpc) is 2.88. The van der Waals surface area contributed by atoms with Gasteiger partial charge in [0.25, 0.3) is 0 Å². The van der Waals surface area contributed by atoms with Crippen molar-refractivity contribution >= 4 is 29.4 Å². The summed E-state index contributed by atoms with van der Waals surface area (Å²) in [6, 6.07) is 10.4. The number of ketones is 1. The predicted octanol–water partition coefficient (Wildman–Crippen LogP) is 5.22. The van der Waals surface area contributed by atoms with Crippen LogP contribution in [0.1, 0.15) is 42.3 Å². The zero-order valence-corrected chi connectivity index (χ0v) is 15.8. The molecule has 1 heterocycles. The molecule has 0 fully saturated rings. The average molecular weight is 371 g/mol. The number of hydrogen-bond acceptors (Lipinski definition) is 4. The lowest BCUT2D eigenvalue weighted by molar-refractivity contribution is -0.143. The molecule has 0 amide bonds. The molecule has 0 radical (unpaired) electrons. The van der Waals surface area contributed by atoms with Crippen molar-refractivity contribution in [3.05, 3.63) is 63.9 Å². The molecule has 134 valence electrons. The summed E-state index contributed by atoms with van der Waals surface area (Å²) < 4.78 is 11.3. The van der Waals surface area contributed by atoms with Gasteiger partial charge >= 0.3 is 5.97 Å². The topological polar surface area (TPSA) is 52.6 Å². The van der Waals surface area contributed by atoms with E-state index < -0.39 is 5.41 Å². The highest BCUT2D eigenvalue weighted by Crippen LogP contribution is 2.39. The van der Waals surface area contributed by atoms with Crippen molar-refractivity contribution in [1.82, 2.24) is 0 Å². The van der Waals surface area contributed by atoms with E-state index in [2.05, 4.69) is 0 Å². The summed E-state index contributed by atoms with van der Waals surface area (Å²) >= 11 is 5.88. The third-order valence-electron chi connectivity index (χ3n) is 4.02. The van der Waals surface area contributed by atoms with Crippen molar-refractivity contribution in [2.45, 2.75) is 27.7 Å². The van der Waals surface area contributed by atoms with Gasteiger partial charge in [-0.2, -0.15) is 0 Å². The highest BCUT2D eigenvalue weighted by molar-refractivity contribution is 6.30. The number of benzene rings is 2. The first-order valence-electron chi connectivity index (χ1n) is 8.22. The standard InChI is InChI=1S/C21H19ClO4/c1-12-16(26-20(24)21(2,3)4)10-9-15-18(23)17(25-19(12)15)11-13-5-7-14(22)8-6-13/h5-11H,1-4H3/b17-11-. The summed E-state index contributed by atoms with van der Waals surface area (Å²) in [5.74, 6) is 0.497. The number of esters is 1. The summed E-state index contributed by atoms with van der Waals surface area (Å²) in [4.78, 5) is 24.7. The van der Waals surface area contributed by atoms with Crippen LogP contribution in [0, 0.1) is 12.3 Å². The Labute approximate surface area is 157 Å². The summed E-state index contributed by atoms with van der Waals surface area (Å²) in [7, 11) is 0. The van der Waals surface area contributed by atoms with Crippen molar-refractivity contribution in [2.75, 3.05) is 0 Å². The number of halogens is 1. The Kier molecular flexibility index (Phi) is 4.63. The molecule has 0 unspecified atom stereocenters. The van der Waals surface area contributed by atoms with Gasteiger partial charge in [-0.1, -0.05) is 23.7 Å². The molecule has 0 N–H and O–H groups in total. The van der Waals surface area contributed by atoms with Crippen molar-refractivity contribution in [2.24, 2.45) is 5.41 Å². The van der Waals surface area contributed by atoms with Gasteiger partial charge in [-0.15, -0.1) is 0 Å². The lowest BCUT2D eigenvalue weighted by Gasteiger charge is -2.17. The van der Waals surface area contributed by atoms with E-state index in [4.69, 9.17) is 21.1 Å². The maximum Gasteiger partial charge on any atom is 0.316 e. The van der Waals surface area contributed by atoms with Crippen LogP contribution < -0.4 is 9.47 Å². The maximum absolute atomic E-state index is 12.6. The third kappa shape index (κ3) is 3.51. The Bertz CT molecular complexity index is 918. The van der Waals surface area contributed by atoms with Crippen LogP contribution in [0.25, 0.3) is 6.08 Å². The molecule has 0 spiro atoms. The van der Waals surface area contributed by atoms with Crippen molar-refractivity contribution < 1.29 is 19.1 Å². The quantitative estimate of drug-likeness (QED) is 0.413. The van der Waals surface area contributed by atoms with Crippen LogP contribution in [-0.4, -0.2) is 11.8 Å². The highest BCUT2D eigenvalue weighted by Gasteiger charge is 2.31. The van der Waals surface area contributed by atoms with Gasteiger partial charge in [0.1, 0.15) is 11.5 Å². The Hall–Kier alpha value is -2.59. The SMILES string of the molecule is Cc1c(OC(=O)C(C)(C)C)ccc2c1O/C(=C\c1ccc(Cl)cc1)C2=O. The van der Waals surface area contributed by atoms with Gasteiger partial charge in [-0.05, 0) is 63.6 Å². The minimum atomic E-state index is -0.623. The Morgan fingerprint density at radius 2 is 1.77 bits per heavy atom. The van der Waals surface area contributed by atoms with Crippen LogP contribution in [-0.2, 0) is 4.79 Å². The first-order valence-corrected chi connectivity index (χ1v) is 8.60. The molecule has 0 aliphatic carbocycles. The predicted molar refractivity (Wildman–Crippen MR) is 101 cm³/mol. The number of carbonyl (C=O) groups is 2. The minimum Gasteiger partial charge on any atom is -0.452 e. The van der Waals surface area contributed by atoms with Gasteiger partial charge in [-0.3, -0.25) is 9.59 Å². The summed E-state index contributed by atoms with van der Waals surface area (Å²) in [5.41, 5.74) is 1.26. The van der Waals surface area contributed by atoms with Gasteiger partial charge in [-0.25, -0.2) is 0 Å². The van der Waals surface area contributed by atoms with Crippen molar-refractivity contribution in [3.63, 3.8) is 0 Å². The van der Waals surface area contributed by atoms with Gasteiger partial charge < -0.3 is 9.47 Å². The van der Waals surface area contributed by atoms with Gasteiger partial charge in [0.15, 0.2) is 5.76 Å². The summed E-state index contributed by atoms with van der Waals surface area (Å²) in [6.07, 6.45) is 1.67. The Morgan fingerprint density at radius 1 is 1.12 bits per heavy atom. The molecule has 0 saturated carbocycles. The Balaban J connectivity index is 1.91. The number of ether oxygens (including phenoxy) is 2. The fraction of sp³-hybridized carbons (Fsp3) is 0.238. The van der Waals surface area contributed by atoms with E-state index in [1.165, 1.54) is 0 Å². The zero-order chi connectivity index (χ0) is 19.1. The first kappa shape index (κ1) is 18.2. The molecule has 0 saturated heterocycles. The fourth-order valence-electron chi connectivity index (χ4n) is 2.44. The number of fused-ring (bicyclic) bond motifs is 1. The van der Waals surface area contributed by atoms with E-state index in [1.54, 1.807) is 70.2 Å². The molecular formula is C21H19ClO4. The number of allylic oxidation sites excluding steroid dienone is 1. The van der Waals surface area contributed by atoms with Crippen LogP contribution in [0.5, 0.6) is 11.5 Å². The highest BCUT2D eigenvalue weighted by atomic mass is 35.5. The second-order valence-electron chi connectivity index (χ2n) is 7.20. The van der Waals surface area contributed by atoms with E-state index in [9.17, 15) is 9.59 Å². The monoisotopic (exact) mass is 370 g/mol. The normalized spacial score (nSPS) is 15.0. The lowest BCUT2D eigenvalue weighted by atomic mass is 9.97. The number of rotatable bonds is 2. The van der Waals surface area contributed by atoms with E-state index in [0.717, 1.165) is 5.56 Å². The summed E-state index contributed by atoms with van der Waals surface area (Å²) in [5, 5.41) is 0.621. The van der Waals surface area contributed by atoms with E-state index >= 15 is 0 Å². The van der Waals surface area contributed by atoms with Gasteiger partial charge in [0.05, 0.1) is 11.0 Å². The maximum atomic E-state index is 12.6. The Morgan fingerprint density at radius 3 is 2.38 bits per heavy atom. The largest absolute Gasteiger partial charge is 0.452 e. The molecule has 0 atom stereocenters. The fourth-order valence-corrected chi connectivity index (χ4v) is 2.57. The van der Waals surface area contributed by atoms with Crippen LogP contribution in [0.4, 0.5) is 0 Å². The number of Topliss-reactive ketones (excluding diaryl/α,β-unsaturated/α-hetero) is 1. The van der Waals surface area contributed by atoms with Crippen molar-refractivity contribution in [1.29, 1.82) is 0 Å². The molecule has 1 aliphatic heterocycles. The molecule has 0 bridgehead atoms. The second-order valence-corrected chi connectivity index (χ2v) is 7.63. The molecule has 2 aromatic carbocycles. The van der Waals surface area contributed by atoms with Crippen LogP contribution in [0.2, 0.25) is 5.02 Å². The molecule has 26 heavy (non-hydrogen) atoms. The molecule has 5 heteroatoms. The second kappa shape index (κ2) is 6.61. The summed E-state index contributed by atoms with van der Waals surface area (Å²) in [6.45, 7) is 7.11. The molecular weight excluding hydrogens is 352 g/mol. The smallest absolute Gasteiger partial charge is 0.316 e. The van der Waals surface area contributed by atoms with Gasteiger partial charge in [0, 0.05) is 10.6 Å². The zero-order valence-electron chi connectivity index (χ0n) is 15.1. The lowest BCUT2D eigenvalue weighted by Crippen LogP contribution is -2.25. The molecule has 0 aromatic heterocycles. The van der Waals surface area contributed by atoms with Gasteiger partial charge in [0.2, 0.25) is 5.78 Å². The third-order valence-corrected chi connectivity index (χ3v) is 4.27. The first-order chi connectivity index (χ1) is 12.2. The van der Waals surface area contributed by atoms with Crippen LogP contribution >= 0.6 is 11.6 Å². The molecule has 2 aromatic rings. The van der Waals surface area contributed by atoms with Crippen LogP contribution in [0.3, 0.4) is 0 Å². The molecule has 3 rings (SSSR count).